The van der Waals surface area contributed by atoms with Crippen LogP contribution in [0.15, 0.2) is 77.8 Å². The smallest absolute Gasteiger partial charge is 0.497 e. The summed E-state index contributed by atoms with van der Waals surface area (Å²) < 4.78 is 47.1. The number of halogens is 3. The average molecular weight is 557 g/mol. The number of para-hydroxylation sites is 1. The lowest BCUT2D eigenvalue weighted by atomic mass is 10.3. The number of fused-ring (bicyclic) bond motifs is 1. The molecule has 0 unspecified atom stereocenters. The first kappa shape index (κ1) is 26.8. The highest BCUT2D eigenvalue weighted by molar-refractivity contribution is 8.04. The maximum absolute atomic E-state index is 12.7. The summed E-state index contributed by atoms with van der Waals surface area (Å²) >= 11 is 2.45. The van der Waals surface area contributed by atoms with Crippen molar-refractivity contribution in [2.45, 2.75) is 6.36 Å². The molecule has 1 heterocycles. The molecule has 0 aliphatic carbocycles. The van der Waals surface area contributed by atoms with Gasteiger partial charge >= 0.3 is 6.36 Å². The van der Waals surface area contributed by atoms with E-state index in [9.17, 15) is 23.2 Å². The third-order valence-corrected chi connectivity index (χ3v) is 6.95. The molecule has 0 atom stereocenters. The first-order valence-electron chi connectivity index (χ1n) is 10.9. The molecule has 2 N–H and O–H groups in total. The second kappa shape index (κ2) is 11.9. The van der Waals surface area contributed by atoms with Gasteiger partial charge < -0.3 is 20.1 Å². The number of ether oxygens (including phenoxy) is 2. The Bertz CT molecular complexity index is 1480. The maximum atomic E-state index is 12.7. The number of methoxy groups -OCH3 is 1. The first-order chi connectivity index (χ1) is 18.2. The standard InChI is InChI=1S/C26H19F3N4O3S2/c1-35-19-6-4-5-17(13-19)32-24(20(14-30)25-33-21-7-2-3-8-22(21)38-25)37-15-23(34)31-16-9-11-18(12-10-16)36-26(27,28)29/h2-13,32H,15H2,1H3,(H,31,34)/b24-20+. The number of rotatable bonds is 9. The minimum absolute atomic E-state index is 0.0941. The monoisotopic (exact) mass is 556 g/mol. The second-order valence-corrected chi connectivity index (χ2v) is 9.58. The number of nitriles is 1. The molecule has 4 aromatic rings. The Morgan fingerprint density at radius 1 is 1.03 bits per heavy atom. The molecule has 3 aromatic carbocycles. The molecule has 1 amide bonds. The second-order valence-electron chi connectivity index (χ2n) is 7.57. The van der Waals surface area contributed by atoms with Gasteiger partial charge in [0, 0.05) is 17.4 Å². The lowest BCUT2D eigenvalue weighted by Gasteiger charge is -2.14. The Morgan fingerprint density at radius 2 is 1.79 bits per heavy atom. The molecule has 0 radical (unpaired) electrons. The number of allylic oxidation sites excluding steroid dienone is 1. The summed E-state index contributed by atoms with van der Waals surface area (Å²) in [5.74, 6) is -0.310. The van der Waals surface area contributed by atoms with Crippen molar-refractivity contribution in [1.82, 2.24) is 4.98 Å². The number of benzene rings is 3. The van der Waals surface area contributed by atoms with Crippen LogP contribution in [-0.4, -0.2) is 30.1 Å². The van der Waals surface area contributed by atoms with E-state index in [1.807, 2.05) is 24.3 Å². The fourth-order valence-corrected chi connectivity index (χ4v) is 5.11. The Morgan fingerprint density at radius 3 is 2.47 bits per heavy atom. The van der Waals surface area contributed by atoms with Crippen LogP contribution in [0.3, 0.4) is 0 Å². The number of thioether (sulfide) groups is 1. The zero-order valence-corrected chi connectivity index (χ0v) is 21.3. The quantitative estimate of drug-likeness (QED) is 0.217. The summed E-state index contributed by atoms with van der Waals surface area (Å²) in [5.41, 5.74) is 1.95. The van der Waals surface area contributed by atoms with E-state index in [-0.39, 0.29) is 11.3 Å². The Hall–Kier alpha value is -4.21. The Labute approximate surface area is 223 Å². The van der Waals surface area contributed by atoms with Gasteiger partial charge in [0.05, 0.1) is 28.1 Å². The number of aromatic nitrogens is 1. The zero-order valence-electron chi connectivity index (χ0n) is 19.7. The van der Waals surface area contributed by atoms with E-state index in [0.717, 1.165) is 34.1 Å². The number of alkyl halides is 3. The molecule has 4 rings (SSSR count). The van der Waals surface area contributed by atoms with E-state index in [2.05, 4.69) is 26.4 Å². The lowest BCUT2D eigenvalue weighted by molar-refractivity contribution is -0.274. The summed E-state index contributed by atoms with van der Waals surface area (Å²) in [4.78, 5) is 17.2. The van der Waals surface area contributed by atoms with Crippen LogP contribution in [0.25, 0.3) is 15.8 Å². The number of hydrogen-bond acceptors (Lipinski definition) is 8. The van der Waals surface area contributed by atoms with E-state index in [1.54, 1.807) is 31.4 Å². The molecule has 38 heavy (non-hydrogen) atoms. The van der Waals surface area contributed by atoms with Crippen LogP contribution in [0.4, 0.5) is 24.5 Å². The van der Waals surface area contributed by atoms with Crippen molar-refractivity contribution < 1.29 is 27.4 Å². The van der Waals surface area contributed by atoms with Gasteiger partial charge in [-0.3, -0.25) is 4.79 Å². The number of nitrogens with one attached hydrogen (secondary N) is 2. The van der Waals surface area contributed by atoms with Crippen LogP contribution < -0.4 is 20.1 Å². The van der Waals surface area contributed by atoms with Gasteiger partial charge in [-0.15, -0.1) is 24.5 Å². The van der Waals surface area contributed by atoms with E-state index in [4.69, 9.17) is 4.74 Å². The molecular weight excluding hydrogens is 537 g/mol. The van der Waals surface area contributed by atoms with Crippen molar-refractivity contribution in [3.8, 4) is 17.6 Å². The highest BCUT2D eigenvalue weighted by atomic mass is 32.2. The minimum atomic E-state index is -4.80. The number of carbonyl (C=O) groups excluding carboxylic acids is 1. The summed E-state index contributed by atoms with van der Waals surface area (Å²) in [6.45, 7) is 0. The molecule has 1 aromatic heterocycles. The van der Waals surface area contributed by atoms with E-state index in [1.165, 1.54) is 23.5 Å². The van der Waals surface area contributed by atoms with Crippen molar-refractivity contribution in [3.05, 3.63) is 82.8 Å². The summed E-state index contributed by atoms with van der Waals surface area (Å²) in [7, 11) is 1.54. The number of carbonyl (C=O) groups is 1. The van der Waals surface area contributed by atoms with Gasteiger partial charge in [-0.1, -0.05) is 30.0 Å². The number of anilines is 2. The van der Waals surface area contributed by atoms with Crippen LogP contribution in [-0.2, 0) is 4.79 Å². The minimum Gasteiger partial charge on any atom is -0.497 e. The molecule has 0 spiro atoms. The highest BCUT2D eigenvalue weighted by Gasteiger charge is 2.31. The summed E-state index contributed by atoms with van der Waals surface area (Å²) in [6, 6.07) is 21.6. The lowest BCUT2D eigenvalue weighted by Crippen LogP contribution is -2.17. The third kappa shape index (κ3) is 7.18. The topological polar surface area (TPSA) is 96.3 Å². The van der Waals surface area contributed by atoms with Gasteiger partial charge in [0.2, 0.25) is 5.91 Å². The normalized spacial score (nSPS) is 11.9. The van der Waals surface area contributed by atoms with Crippen molar-refractivity contribution >= 4 is 56.2 Å². The molecule has 0 aliphatic heterocycles. The van der Waals surface area contributed by atoms with Gasteiger partial charge in [-0.25, -0.2) is 4.98 Å². The molecule has 12 heteroatoms. The molecule has 0 aliphatic rings. The Balaban J connectivity index is 1.55. The number of amides is 1. The predicted molar refractivity (Wildman–Crippen MR) is 143 cm³/mol. The highest BCUT2D eigenvalue weighted by Crippen LogP contribution is 2.34. The van der Waals surface area contributed by atoms with Crippen LogP contribution >= 0.6 is 23.1 Å². The predicted octanol–water partition coefficient (Wildman–Crippen LogP) is 6.88. The SMILES string of the molecule is COc1cccc(N/C(SCC(=O)Nc2ccc(OC(F)(F)F)cc2)=C(/C#N)c2nc3ccccc3s2)c1. The number of thiazole rings is 1. The van der Waals surface area contributed by atoms with Crippen LogP contribution in [0.5, 0.6) is 11.5 Å². The largest absolute Gasteiger partial charge is 0.573 e. The fraction of sp³-hybridized carbons (Fsp3) is 0.115. The molecule has 0 saturated carbocycles. The number of hydrogen-bond donors (Lipinski definition) is 2. The van der Waals surface area contributed by atoms with Gasteiger partial charge in [-0.05, 0) is 48.5 Å². The van der Waals surface area contributed by atoms with Crippen molar-refractivity contribution in [3.63, 3.8) is 0 Å². The fourth-order valence-electron chi connectivity index (χ4n) is 3.25. The Kier molecular flexibility index (Phi) is 8.40. The van der Waals surface area contributed by atoms with Crippen molar-refractivity contribution in [1.29, 1.82) is 5.26 Å². The zero-order chi connectivity index (χ0) is 27.1. The van der Waals surface area contributed by atoms with Crippen LogP contribution in [0.2, 0.25) is 0 Å². The van der Waals surface area contributed by atoms with Crippen molar-refractivity contribution in [2.24, 2.45) is 0 Å². The van der Waals surface area contributed by atoms with Gasteiger partial charge in [-0.2, -0.15) is 5.26 Å². The molecular formula is C26H19F3N4O3S2. The molecule has 0 saturated heterocycles. The number of nitrogens with zero attached hydrogens (tertiary/aromatic N) is 2. The van der Waals surface area contributed by atoms with E-state index < -0.39 is 18.0 Å². The molecule has 194 valence electrons. The first-order valence-corrected chi connectivity index (χ1v) is 12.7. The summed E-state index contributed by atoms with van der Waals surface area (Å²) in [5, 5.41) is 16.8. The van der Waals surface area contributed by atoms with Crippen LogP contribution in [0.1, 0.15) is 5.01 Å². The summed E-state index contributed by atoms with van der Waals surface area (Å²) in [6.07, 6.45) is -4.80. The van der Waals surface area contributed by atoms with Gasteiger partial charge in [0.25, 0.3) is 0 Å². The van der Waals surface area contributed by atoms with Gasteiger partial charge in [0.1, 0.15) is 28.1 Å². The van der Waals surface area contributed by atoms with E-state index in [0.29, 0.717) is 27.2 Å². The third-order valence-electron chi connectivity index (χ3n) is 4.89. The molecule has 0 fully saturated rings. The molecule has 7 nitrogen and oxygen atoms in total. The average Bonchev–Trinajstić information content (AvgIpc) is 3.32. The van der Waals surface area contributed by atoms with Crippen molar-refractivity contribution in [2.75, 3.05) is 23.5 Å². The van der Waals surface area contributed by atoms with Crippen LogP contribution in [0, 0.1) is 11.3 Å². The van der Waals surface area contributed by atoms with E-state index >= 15 is 0 Å². The maximum Gasteiger partial charge on any atom is 0.573 e. The van der Waals surface area contributed by atoms with Gasteiger partial charge in [0.15, 0.2) is 0 Å². The molecule has 0 bridgehead atoms.